The predicted molar refractivity (Wildman–Crippen MR) is 51.0 cm³/mol. The van der Waals surface area contributed by atoms with Gasteiger partial charge in [-0.05, 0) is 42.5 Å². The maximum Gasteiger partial charge on any atom is 0.393 e. The lowest BCUT2D eigenvalue weighted by Gasteiger charge is -2.23. The second-order valence-electron chi connectivity index (χ2n) is 3.03. The van der Waals surface area contributed by atoms with Crippen molar-refractivity contribution in [3.05, 3.63) is 10.1 Å². The van der Waals surface area contributed by atoms with Gasteiger partial charge in [0, 0.05) is 6.61 Å². The Bertz CT molecular complexity index is 206. The highest BCUT2D eigenvalue weighted by Crippen LogP contribution is 2.24. The van der Waals surface area contributed by atoms with E-state index in [2.05, 4.69) is 0 Å². The van der Waals surface area contributed by atoms with E-state index >= 15 is 0 Å². The molecule has 14 heavy (non-hydrogen) atoms. The molecule has 0 aromatic carbocycles. The number of nitro groups is 1. The third-order valence-electron chi connectivity index (χ3n) is 1.85. The van der Waals surface area contributed by atoms with Crippen molar-refractivity contribution in [2.45, 2.75) is 30.0 Å². The maximum atomic E-state index is 10.3. The van der Waals surface area contributed by atoms with Crippen LogP contribution in [0.15, 0.2) is 0 Å². The molecule has 1 aliphatic rings. The van der Waals surface area contributed by atoms with Gasteiger partial charge in [-0.2, -0.15) is 0 Å². The molecule has 0 aromatic heterocycles. The molecular weight excluding hydrogens is 233 g/mol. The lowest BCUT2D eigenvalue weighted by molar-refractivity contribution is -0.522. The molecule has 1 saturated heterocycles. The fraction of sp³-hybridized carbons (Fsp3) is 1.00. The standard InChI is InChI=1S/C7H11Cl2NO4/c8-7(9,10(11)12)5-14-6-3-1-2-4-13-6/h6H,1-5H2. The van der Waals surface area contributed by atoms with Gasteiger partial charge in [-0.1, -0.05) is 0 Å². The first kappa shape index (κ1) is 12.0. The minimum absolute atomic E-state index is 0.367. The maximum absolute atomic E-state index is 10.3. The van der Waals surface area contributed by atoms with Crippen molar-refractivity contribution >= 4 is 23.2 Å². The molecule has 1 rings (SSSR count). The van der Waals surface area contributed by atoms with E-state index in [1.54, 1.807) is 0 Å². The monoisotopic (exact) mass is 243 g/mol. The topological polar surface area (TPSA) is 61.6 Å². The minimum atomic E-state index is -2.08. The normalized spacial score (nSPS) is 23.4. The summed E-state index contributed by atoms with van der Waals surface area (Å²) >= 11 is 10.8. The first-order valence-corrected chi connectivity index (χ1v) is 5.03. The summed E-state index contributed by atoms with van der Waals surface area (Å²) in [5, 5.41) is 10.3. The van der Waals surface area contributed by atoms with Gasteiger partial charge in [0.25, 0.3) is 0 Å². The SMILES string of the molecule is O=[N+]([O-])C(Cl)(Cl)COC1CCCCO1. The van der Waals surface area contributed by atoms with Gasteiger partial charge >= 0.3 is 4.46 Å². The quantitative estimate of drug-likeness (QED) is 0.328. The second kappa shape index (κ2) is 5.11. The zero-order valence-corrected chi connectivity index (χ0v) is 8.96. The van der Waals surface area contributed by atoms with Gasteiger partial charge in [-0.15, -0.1) is 0 Å². The Labute approximate surface area is 91.4 Å². The summed E-state index contributed by atoms with van der Waals surface area (Å²) in [6, 6.07) is 0. The van der Waals surface area contributed by atoms with E-state index in [4.69, 9.17) is 32.7 Å². The van der Waals surface area contributed by atoms with Gasteiger partial charge < -0.3 is 9.47 Å². The average Bonchev–Trinajstić information content (AvgIpc) is 2.16. The van der Waals surface area contributed by atoms with Crippen molar-refractivity contribution in [2.24, 2.45) is 0 Å². The van der Waals surface area contributed by atoms with E-state index in [1.165, 1.54) is 0 Å². The minimum Gasteiger partial charge on any atom is -0.353 e. The highest BCUT2D eigenvalue weighted by Gasteiger charge is 2.39. The van der Waals surface area contributed by atoms with E-state index in [9.17, 15) is 10.1 Å². The predicted octanol–water partition coefficient (Wildman–Crippen LogP) is 1.94. The molecular formula is C7H11Cl2NO4. The van der Waals surface area contributed by atoms with Crippen LogP contribution < -0.4 is 0 Å². The van der Waals surface area contributed by atoms with Gasteiger partial charge in [0.05, 0.1) is 4.92 Å². The van der Waals surface area contributed by atoms with Crippen LogP contribution in [0.3, 0.4) is 0 Å². The average molecular weight is 244 g/mol. The van der Waals surface area contributed by atoms with Crippen LogP contribution in [-0.4, -0.2) is 28.9 Å². The molecule has 1 fully saturated rings. The van der Waals surface area contributed by atoms with Crippen LogP contribution >= 0.6 is 23.2 Å². The van der Waals surface area contributed by atoms with Crippen LogP contribution in [0.4, 0.5) is 0 Å². The first-order chi connectivity index (χ1) is 6.52. The Hall–Kier alpha value is -0.100. The van der Waals surface area contributed by atoms with Crippen LogP contribution in [0.2, 0.25) is 0 Å². The third kappa shape index (κ3) is 3.57. The number of rotatable bonds is 4. The highest BCUT2D eigenvalue weighted by molar-refractivity contribution is 6.47. The van der Waals surface area contributed by atoms with Crippen molar-refractivity contribution in [3.8, 4) is 0 Å². The first-order valence-electron chi connectivity index (χ1n) is 4.28. The number of halogens is 2. The summed E-state index contributed by atoms with van der Waals surface area (Å²) in [4.78, 5) is 9.52. The molecule has 0 spiro atoms. The number of nitrogens with zero attached hydrogens (tertiary/aromatic N) is 1. The largest absolute Gasteiger partial charge is 0.393 e. The van der Waals surface area contributed by atoms with Crippen molar-refractivity contribution < 1.29 is 14.4 Å². The summed E-state index contributed by atoms with van der Waals surface area (Å²) < 4.78 is 8.19. The van der Waals surface area contributed by atoms with Crippen LogP contribution in [0.5, 0.6) is 0 Å². The summed E-state index contributed by atoms with van der Waals surface area (Å²) in [5.41, 5.74) is 0. The highest BCUT2D eigenvalue weighted by atomic mass is 35.5. The Balaban J connectivity index is 2.28. The van der Waals surface area contributed by atoms with E-state index in [0.29, 0.717) is 6.61 Å². The molecule has 1 atom stereocenters. The lowest BCUT2D eigenvalue weighted by Crippen LogP contribution is -2.34. The van der Waals surface area contributed by atoms with Gasteiger partial charge in [0.1, 0.15) is 0 Å². The lowest BCUT2D eigenvalue weighted by atomic mass is 10.2. The molecule has 7 heteroatoms. The van der Waals surface area contributed by atoms with E-state index < -0.39 is 15.7 Å². The molecule has 0 saturated carbocycles. The fourth-order valence-corrected chi connectivity index (χ4v) is 1.21. The van der Waals surface area contributed by atoms with Crippen LogP contribution in [-0.2, 0) is 9.47 Å². The third-order valence-corrected chi connectivity index (χ3v) is 2.34. The second-order valence-corrected chi connectivity index (χ2v) is 4.47. The van der Waals surface area contributed by atoms with Crippen molar-refractivity contribution in [2.75, 3.05) is 13.2 Å². The van der Waals surface area contributed by atoms with Crippen molar-refractivity contribution in [1.29, 1.82) is 0 Å². The van der Waals surface area contributed by atoms with Crippen molar-refractivity contribution in [1.82, 2.24) is 0 Å². The molecule has 1 aliphatic heterocycles. The molecule has 1 unspecified atom stereocenters. The van der Waals surface area contributed by atoms with Crippen LogP contribution in [0, 0.1) is 10.1 Å². The number of hydrogen-bond acceptors (Lipinski definition) is 4. The summed E-state index contributed by atoms with van der Waals surface area (Å²) in [6.45, 7) is 0.245. The van der Waals surface area contributed by atoms with Gasteiger partial charge in [-0.3, -0.25) is 10.1 Å². The zero-order chi connectivity index (χ0) is 10.6. The Morgan fingerprint density at radius 3 is 2.79 bits per heavy atom. The van der Waals surface area contributed by atoms with E-state index in [0.717, 1.165) is 19.3 Å². The number of alkyl halides is 2. The smallest absolute Gasteiger partial charge is 0.353 e. The molecule has 0 N–H and O–H groups in total. The molecule has 1 heterocycles. The molecule has 82 valence electrons. The van der Waals surface area contributed by atoms with Gasteiger partial charge in [-0.25, -0.2) is 0 Å². The Morgan fingerprint density at radius 1 is 1.57 bits per heavy atom. The Kier molecular flexibility index (Phi) is 4.37. The molecule has 0 radical (unpaired) electrons. The van der Waals surface area contributed by atoms with E-state index in [1.807, 2.05) is 0 Å². The number of ether oxygens (including phenoxy) is 2. The molecule has 0 aromatic rings. The molecule has 5 nitrogen and oxygen atoms in total. The summed E-state index contributed by atoms with van der Waals surface area (Å²) in [7, 11) is 0. The van der Waals surface area contributed by atoms with Crippen LogP contribution in [0.25, 0.3) is 0 Å². The fourth-order valence-electron chi connectivity index (χ4n) is 1.09. The molecule has 0 bridgehead atoms. The molecule has 0 aliphatic carbocycles. The number of hydrogen-bond donors (Lipinski definition) is 0. The van der Waals surface area contributed by atoms with Gasteiger partial charge in [0.15, 0.2) is 12.9 Å². The Morgan fingerprint density at radius 2 is 2.29 bits per heavy atom. The zero-order valence-electron chi connectivity index (χ0n) is 7.45. The van der Waals surface area contributed by atoms with Gasteiger partial charge in [0.2, 0.25) is 0 Å². The van der Waals surface area contributed by atoms with E-state index in [-0.39, 0.29) is 6.61 Å². The molecule has 0 amide bonds. The summed E-state index contributed by atoms with van der Waals surface area (Å²) in [6.07, 6.45) is 2.28. The van der Waals surface area contributed by atoms with Crippen molar-refractivity contribution in [3.63, 3.8) is 0 Å². The van der Waals surface area contributed by atoms with Crippen LogP contribution in [0.1, 0.15) is 19.3 Å². The summed E-state index contributed by atoms with van der Waals surface area (Å²) in [5.74, 6) is 0.